The van der Waals surface area contributed by atoms with E-state index in [4.69, 9.17) is 0 Å². The minimum atomic E-state index is 0.753. The molecule has 0 radical (unpaired) electrons. The molecule has 0 aliphatic carbocycles. The van der Waals surface area contributed by atoms with E-state index in [1.165, 1.54) is 11.1 Å². The van der Waals surface area contributed by atoms with Crippen LogP contribution in [0.15, 0.2) is 21.1 Å². The molecule has 0 aromatic heterocycles. The van der Waals surface area contributed by atoms with Crippen molar-refractivity contribution in [2.24, 2.45) is 0 Å². The van der Waals surface area contributed by atoms with Crippen LogP contribution in [-0.4, -0.2) is 26.3 Å². The number of rotatable bonds is 3. The van der Waals surface area contributed by atoms with E-state index in [2.05, 4.69) is 37.6 Å². The van der Waals surface area contributed by atoms with Gasteiger partial charge in [-0.3, -0.25) is 0 Å². The standard InChI is InChI=1S/C8H14Se2/c1-7(2)5-9-10-6-8(3)4/h5-6H,1-4H3. The average Bonchev–Trinajstić information content (AvgIpc) is 1.79. The summed E-state index contributed by atoms with van der Waals surface area (Å²) in [4.78, 5) is 4.73. The van der Waals surface area contributed by atoms with E-state index in [0.717, 1.165) is 26.3 Å². The zero-order valence-electron chi connectivity index (χ0n) is 6.97. The van der Waals surface area contributed by atoms with Crippen LogP contribution >= 0.6 is 0 Å². The molecule has 0 unspecified atom stereocenters. The van der Waals surface area contributed by atoms with Crippen molar-refractivity contribution in [3.63, 3.8) is 0 Å². The molecule has 10 heavy (non-hydrogen) atoms. The van der Waals surface area contributed by atoms with Crippen LogP contribution in [0.3, 0.4) is 0 Å². The molecule has 0 N–H and O–H groups in total. The minimum absolute atomic E-state index is 0.753. The molecule has 0 amide bonds. The Balaban J connectivity index is 3.39. The first-order chi connectivity index (χ1) is 4.63. The molecule has 0 saturated heterocycles. The Labute approximate surface area is 75.0 Å². The molecule has 0 nitrogen and oxygen atoms in total. The van der Waals surface area contributed by atoms with Gasteiger partial charge in [0.25, 0.3) is 0 Å². The Morgan fingerprint density at radius 1 is 0.800 bits per heavy atom. The third kappa shape index (κ3) is 8.52. The molecule has 0 fully saturated rings. The first-order valence-corrected chi connectivity index (χ1v) is 9.53. The molecular weight excluding hydrogens is 254 g/mol. The second-order valence-electron chi connectivity index (χ2n) is 2.58. The first kappa shape index (κ1) is 10.5. The van der Waals surface area contributed by atoms with E-state index in [1.807, 2.05) is 0 Å². The van der Waals surface area contributed by atoms with Crippen molar-refractivity contribution in [3.8, 4) is 0 Å². The molecule has 0 aliphatic rings. The second-order valence-corrected chi connectivity index (χ2v) is 8.58. The van der Waals surface area contributed by atoms with Gasteiger partial charge in [-0.15, -0.1) is 0 Å². The molecular formula is C8H14Se2. The zero-order valence-corrected chi connectivity index (χ0v) is 10.4. The Morgan fingerprint density at radius 3 is 1.30 bits per heavy atom. The molecule has 0 atom stereocenters. The van der Waals surface area contributed by atoms with Crippen LogP contribution in [0.5, 0.6) is 0 Å². The fourth-order valence-corrected chi connectivity index (χ4v) is 6.70. The van der Waals surface area contributed by atoms with Gasteiger partial charge in [0.15, 0.2) is 0 Å². The van der Waals surface area contributed by atoms with Crippen LogP contribution in [0.1, 0.15) is 27.7 Å². The summed E-state index contributed by atoms with van der Waals surface area (Å²) in [6.45, 7) is 8.67. The summed E-state index contributed by atoms with van der Waals surface area (Å²) in [5, 5.41) is 0. The fourth-order valence-electron chi connectivity index (χ4n) is 0.248. The van der Waals surface area contributed by atoms with Crippen molar-refractivity contribution in [1.29, 1.82) is 0 Å². The van der Waals surface area contributed by atoms with Crippen LogP contribution < -0.4 is 0 Å². The molecule has 0 saturated carbocycles. The predicted octanol–water partition coefficient (Wildman–Crippen LogP) is 2.16. The summed E-state index contributed by atoms with van der Waals surface area (Å²) in [5.41, 5.74) is 2.92. The van der Waals surface area contributed by atoms with Crippen molar-refractivity contribution in [3.05, 3.63) is 21.1 Å². The average molecular weight is 268 g/mol. The molecule has 0 aromatic rings. The maximum absolute atomic E-state index is 2.37. The summed E-state index contributed by atoms with van der Waals surface area (Å²) < 4.78 is 0. The van der Waals surface area contributed by atoms with Gasteiger partial charge in [-0.1, -0.05) is 0 Å². The summed E-state index contributed by atoms with van der Waals surface area (Å²) in [6, 6.07) is 0. The van der Waals surface area contributed by atoms with E-state index in [-0.39, 0.29) is 0 Å². The predicted molar refractivity (Wildman–Crippen MR) is 50.4 cm³/mol. The first-order valence-electron chi connectivity index (χ1n) is 3.22. The Morgan fingerprint density at radius 2 is 1.10 bits per heavy atom. The van der Waals surface area contributed by atoms with Crippen molar-refractivity contribution in [1.82, 2.24) is 0 Å². The second kappa shape index (κ2) is 6.24. The van der Waals surface area contributed by atoms with Gasteiger partial charge in [-0.2, -0.15) is 0 Å². The van der Waals surface area contributed by atoms with Crippen molar-refractivity contribution in [2.75, 3.05) is 0 Å². The van der Waals surface area contributed by atoms with Gasteiger partial charge < -0.3 is 0 Å². The third-order valence-corrected chi connectivity index (χ3v) is 6.55. The number of hydrogen-bond acceptors (Lipinski definition) is 0. The summed E-state index contributed by atoms with van der Waals surface area (Å²) in [7, 11) is 0. The van der Waals surface area contributed by atoms with Gasteiger partial charge in [0.2, 0.25) is 0 Å². The normalized spacial score (nSPS) is 8.80. The van der Waals surface area contributed by atoms with Crippen LogP contribution in [-0.2, 0) is 0 Å². The Hall–Kier alpha value is 0.519. The molecule has 0 heterocycles. The van der Waals surface area contributed by atoms with Crippen molar-refractivity contribution in [2.45, 2.75) is 27.7 Å². The van der Waals surface area contributed by atoms with Crippen LogP contribution in [0.25, 0.3) is 0 Å². The number of hydrogen-bond donors (Lipinski definition) is 0. The van der Waals surface area contributed by atoms with Crippen LogP contribution in [0.2, 0.25) is 0 Å². The molecule has 0 spiro atoms. The summed E-state index contributed by atoms with van der Waals surface area (Å²) in [6.07, 6.45) is 0. The summed E-state index contributed by atoms with van der Waals surface area (Å²) >= 11 is 1.51. The van der Waals surface area contributed by atoms with E-state index in [1.54, 1.807) is 0 Å². The van der Waals surface area contributed by atoms with Gasteiger partial charge in [0.05, 0.1) is 0 Å². The topological polar surface area (TPSA) is 0 Å². The monoisotopic (exact) mass is 270 g/mol. The van der Waals surface area contributed by atoms with E-state index in [0.29, 0.717) is 0 Å². The van der Waals surface area contributed by atoms with Crippen LogP contribution in [0, 0.1) is 0 Å². The van der Waals surface area contributed by atoms with Gasteiger partial charge >= 0.3 is 75.1 Å². The Bertz CT molecular complexity index is 119. The van der Waals surface area contributed by atoms with Gasteiger partial charge in [-0.25, -0.2) is 0 Å². The van der Waals surface area contributed by atoms with Gasteiger partial charge in [0.1, 0.15) is 0 Å². The quantitative estimate of drug-likeness (QED) is 0.543. The zero-order chi connectivity index (χ0) is 7.98. The molecule has 0 aromatic carbocycles. The fraction of sp³-hybridized carbons (Fsp3) is 0.500. The van der Waals surface area contributed by atoms with Crippen molar-refractivity contribution < 1.29 is 0 Å². The van der Waals surface area contributed by atoms with E-state index in [9.17, 15) is 0 Å². The third-order valence-electron chi connectivity index (χ3n) is 0.623. The maximum atomic E-state index is 2.37. The molecule has 0 bridgehead atoms. The number of allylic oxidation sites excluding steroid dienone is 2. The molecule has 0 rings (SSSR count). The van der Waals surface area contributed by atoms with Gasteiger partial charge in [-0.05, 0) is 0 Å². The molecule has 0 aliphatic heterocycles. The van der Waals surface area contributed by atoms with E-state index >= 15 is 0 Å². The van der Waals surface area contributed by atoms with Crippen LogP contribution in [0.4, 0.5) is 0 Å². The van der Waals surface area contributed by atoms with Crippen molar-refractivity contribution >= 4 is 26.3 Å². The van der Waals surface area contributed by atoms with Gasteiger partial charge in [0, 0.05) is 0 Å². The Kier molecular flexibility index (Phi) is 6.57. The molecule has 2 heteroatoms. The molecule has 58 valence electrons. The van der Waals surface area contributed by atoms with E-state index < -0.39 is 0 Å². The summed E-state index contributed by atoms with van der Waals surface area (Å²) in [5.74, 6) is 0. The SMILES string of the molecule is CC(C)=C[Se][Se]C=C(C)C.